The number of halogens is 1. The van der Waals surface area contributed by atoms with E-state index >= 15 is 0 Å². The van der Waals surface area contributed by atoms with Gasteiger partial charge in [-0.25, -0.2) is 3.11 Å². The summed E-state index contributed by atoms with van der Waals surface area (Å²) < 4.78 is 7.70. The van der Waals surface area contributed by atoms with Gasteiger partial charge in [0.15, 0.2) is 0 Å². The first-order valence-electron chi connectivity index (χ1n) is 4.93. The standard InChI is InChI=1S/C8H14BIN2O2/c9-8-5-11(10)4-7(14-8)6-13-12-2-1-3-12/h7-8H,1-6H2. The summed E-state index contributed by atoms with van der Waals surface area (Å²) in [5, 5.41) is 1.97. The van der Waals surface area contributed by atoms with Gasteiger partial charge in [0.05, 0.1) is 12.7 Å². The first-order chi connectivity index (χ1) is 6.74. The van der Waals surface area contributed by atoms with Crippen LogP contribution in [0.4, 0.5) is 0 Å². The van der Waals surface area contributed by atoms with E-state index in [9.17, 15) is 0 Å². The Morgan fingerprint density at radius 2 is 2.21 bits per heavy atom. The van der Waals surface area contributed by atoms with E-state index in [1.807, 2.05) is 5.06 Å². The Labute approximate surface area is 99.8 Å². The molecule has 0 spiro atoms. The summed E-state index contributed by atoms with van der Waals surface area (Å²) in [5.41, 5.74) is 0. The van der Waals surface area contributed by atoms with E-state index in [2.05, 4.69) is 26.0 Å². The molecule has 2 radical (unpaired) electrons. The number of hydroxylamine groups is 2. The van der Waals surface area contributed by atoms with Crippen LogP contribution in [0.3, 0.4) is 0 Å². The van der Waals surface area contributed by atoms with Gasteiger partial charge in [0.1, 0.15) is 7.85 Å². The summed E-state index contributed by atoms with van der Waals surface area (Å²) in [6, 6.07) is -0.175. The van der Waals surface area contributed by atoms with E-state index in [1.54, 1.807) is 0 Å². The van der Waals surface area contributed by atoms with Crippen LogP contribution >= 0.6 is 22.9 Å². The molecule has 2 heterocycles. The molecule has 2 aliphatic rings. The highest BCUT2D eigenvalue weighted by Crippen LogP contribution is 2.15. The molecule has 2 saturated heterocycles. The minimum atomic E-state index is -0.175. The zero-order valence-electron chi connectivity index (χ0n) is 8.06. The molecule has 0 bridgehead atoms. The highest BCUT2D eigenvalue weighted by Gasteiger charge is 2.25. The second-order valence-corrected chi connectivity index (χ2v) is 5.07. The van der Waals surface area contributed by atoms with Gasteiger partial charge in [-0.2, -0.15) is 5.06 Å². The molecule has 2 rings (SSSR count). The quantitative estimate of drug-likeness (QED) is 0.422. The Morgan fingerprint density at radius 3 is 2.79 bits per heavy atom. The van der Waals surface area contributed by atoms with Crippen LogP contribution in [-0.4, -0.2) is 60.9 Å². The van der Waals surface area contributed by atoms with Crippen molar-refractivity contribution in [3.8, 4) is 0 Å². The second-order valence-electron chi connectivity index (χ2n) is 3.70. The maximum absolute atomic E-state index is 5.73. The number of hydrogen-bond acceptors (Lipinski definition) is 4. The van der Waals surface area contributed by atoms with Crippen LogP contribution in [0.15, 0.2) is 0 Å². The molecule has 0 aliphatic carbocycles. The predicted octanol–water partition coefficient (Wildman–Crippen LogP) is 0.169. The first-order valence-corrected chi connectivity index (χ1v) is 5.90. The molecule has 14 heavy (non-hydrogen) atoms. The van der Waals surface area contributed by atoms with Gasteiger partial charge < -0.3 is 4.74 Å². The zero-order valence-corrected chi connectivity index (χ0v) is 10.2. The molecule has 0 amide bonds. The SMILES string of the molecule is [B]C1CN(I)CC(CON2CCC2)O1. The van der Waals surface area contributed by atoms with Gasteiger partial charge >= 0.3 is 0 Å². The smallest absolute Gasteiger partial charge is 0.110 e. The molecular weight excluding hydrogens is 294 g/mol. The summed E-state index contributed by atoms with van der Waals surface area (Å²) >= 11 is 2.27. The monoisotopic (exact) mass is 308 g/mol. The van der Waals surface area contributed by atoms with Crippen LogP contribution < -0.4 is 0 Å². The van der Waals surface area contributed by atoms with E-state index < -0.39 is 0 Å². The van der Waals surface area contributed by atoms with Crippen LogP contribution in [0.1, 0.15) is 6.42 Å². The maximum atomic E-state index is 5.73. The molecule has 2 atom stereocenters. The Hall–Kier alpha value is 0.635. The number of rotatable bonds is 3. The van der Waals surface area contributed by atoms with E-state index in [-0.39, 0.29) is 12.1 Å². The minimum Gasteiger partial charge on any atom is -0.380 e. The van der Waals surface area contributed by atoms with Crippen molar-refractivity contribution in [2.75, 3.05) is 32.8 Å². The first kappa shape index (κ1) is 11.1. The Balaban J connectivity index is 1.68. The molecule has 78 valence electrons. The average Bonchev–Trinajstić information content (AvgIpc) is 1.99. The van der Waals surface area contributed by atoms with E-state index in [0.29, 0.717) is 6.61 Å². The number of morpholine rings is 1. The predicted molar refractivity (Wildman–Crippen MR) is 62.2 cm³/mol. The highest BCUT2D eigenvalue weighted by atomic mass is 127. The van der Waals surface area contributed by atoms with Crippen molar-refractivity contribution in [3.05, 3.63) is 0 Å². The molecular formula is C8H14BIN2O2. The van der Waals surface area contributed by atoms with E-state index in [0.717, 1.165) is 26.2 Å². The molecule has 2 unspecified atom stereocenters. The lowest BCUT2D eigenvalue weighted by Gasteiger charge is -2.36. The van der Waals surface area contributed by atoms with Crippen LogP contribution in [0.2, 0.25) is 0 Å². The molecule has 6 heteroatoms. The minimum absolute atomic E-state index is 0.108. The summed E-state index contributed by atoms with van der Waals surface area (Å²) in [7, 11) is 5.73. The van der Waals surface area contributed by atoms with Crippen LogP contribution in [0.5, 0.6) is 0 Å². The van der Waals surface area contributed by atoms with Crippen molar-refractivity contribution >= 4 is 30.7 Å². The Morgan fingerprint density at radius 1 is 1.43 bits per heavy atom. The van der Waals surface area contributed by atoms with Gasteiger partial charge in [0, 0.05) is 55.0 Å². The third-order valence-electron chi connectivity index (χ3n) is 2.41. The van der Waals surface area contributed by atoms with Gasteiger partial charge in [0.2, 0.25) is 0 Å². The topological polar surface area (TPSA) is 24.9 Å². The maximum Gasteiger partial charge on any atom is 0.110 e. The normalized spacial score (nSPS) is 35.5. The van der Waals surface area contributed by atoms with Gasteiger partial charge in [-0.3, -0.25) is 4.84 Å². The molecule has 2 aliphatic heterocycles. The Bertz CT molecular complexity index is 184. The third-order valence-corrected chi connectivity index (χ3v) is 3.19. The summed E-state index contributed by atoms with van der Waals surface area (Å²) in [5.74, 6) is 0. The summed E-state index contributed by atoms with van der Waals surface area (Å²) in [6.07, 6.45) is 1.35. The number of hydrogen-bond donors (Lipinski definition) is 0. The summed E-state index contributed by atoms with van der Waals surface area (Å²) in [4.78, 5) is 5.54. The van der Waals surface area contributed by atoms with Crippen molar-refractivity contribution in [2.24, 2.45) is 0 Å². The lowest BCUT2D eigenvalue weighted by molar-refractivity contribution is -0.221. The third kappa shape index (κ3) is 3.06. The molecule has 2 fully saturated rings. The van der Waals surface area contributed by atoms with E-state index in [4.69, 9.17) is 17.4 Å². The second kappa shape index (κ2) is 5.11. The fourth-order valence-corrected chi connectivity index (χ4v) is 2.35. The van der Waals surface area contributed by atoms with Crippen LogP contribution in [-0.2, 0) is 9.57 Å². The van der Waals surface area contributed by atoms with Crippen molar-refractivity contribution in [3.63, 3.8) is 0 Å². The van der Waals surface area contributed by atoms with E-state index in [1.165, 1.54) is 6.42 Å². The van der Waals surface area contributed by atoms with Crippen LogP contribution in [0, 0.1) is 0 Å². The fraction of sp³-hybridized carbons (Fsp3) is 1.00. The van der Waals surface area contributed by atoms with Gasteiger partial charge in [-0.15, -0.1) is 0 Å². The van der Waals surface area contributed by atoms with Crippen molar-refractivity contribution < 1.29 is 9.57 Å². The fourth-order valence-electron chi connectivity index (χ4n) is 1.52. The molecule has 0 aromatic rings. The number of nitrogens with zero attached hydrogens (tertiary/aromatic N) is 2. The number of ether oxygens (including phenoxy) is 1. The molecule has 0 aromatic heterocycles. The molecule has 0 saturated carbocycles. The Kier molecular flexibility index (Phi) is 4.06. The summed E-state index contributed by atoms with van der Waals surface area (Å²) in [6.45, 7) is 4.40. The largest absolute Gasteiger partial charge is 0.380 e. The lowest BCUT2D eigenvalue weighted by Crippen LogP contribution is -2.47. The van der Waals surface area contributed by atoms with Gasteiger partial charge in [-0.1, -0.05) is 0 Å². The molecule has 0 aromatic carbocycles. The van der Waals surface area contributed by atoms with Gasteiger partial charge in [-0.05, 0) is 6.42 Å². The van der Waals surface area contributed by atoms with Crippen molar-refractivity contribution in [1.82, 2.24) is 8.18 Å². The van der Waals surface area contributed by atoms with Crippen molar-refractivity contribution in [1.29, 1.82) is 0 Å². The zero-order chi connectivity index (χ0) is 9.97. The molecule has 0 N–H and O–H groups in total. The lowest BCUT2D eigenvalue weighted by atomic mass is 9.98. The highest BCUT2D eigenvalue weighted by molar-refractivity contribution is 14.1. The van der Waals surface area contributed by atoms with Gasteiger partial charge in [0.25, 0.3) is 0 Å². The molecule has 4 nitrogen and oxygen atoms in total. The van der Waals surface area contributed by atoms with Crippen LogP contribution in [0.25, 0.3) is 0 Å². The average molecular weight is 308 g/mol. The van der Waals surface area contributed by atoms with Crippen molar-refractivity contribution in [2.45, 2.75) is 18.5 Å².